The molecule has 3 N–H and O–H groups in total. The minimum atomic E-state index is -0.392. The molecule has 4 nitrogen and oxygen atoms in total. The van der Waals surface area contributed by atoms with E-state index in [9.17, 15) is 9.18 Å². The second-order valence-electron chi connectivity index (χ2n) is 5.65. The Labute approximate surface area is 124 Å². The van der Waals surface area contributed by atoms with Gasteiger partial charge < -0.3 is 15.8 Å². The Morgan fingerprint density at radius 3 is 2.71 bits per heavy atom. The van der Waals surface area contributed by atoms with Crippen LogP contribution < -0.4 is 15.8 Å². The maximum Gasteiger partial charge on any atom is 0.220 e. The first-order valence-electron chi connectivity index (χ1n) is 7.46. The van der Waals surface area contributed by atoms with Crippen molar-refractivity contribution in [1.29, 1.82) is 0 Å². The lowest BCUT2D eigenvalue weighted by molar-refractivity contribution is -0.122. The van der Waals surface area contributed by atoms with E-state index in [1.807, 2.05) is 0 Å². The van der Waals surface area contributed by atoms with E-state index in [2.05, 4.69) is 5.32 Å². The number of nitrogens with one attached hydrogen (secondary N) is 1. The van der Waals surface area contributed by atoms with Gasteiger partial charge in [-0.3, -0.25) is 4.79 Å². The molecule has 0 saturated heterocycles. The molecule has 1 amide bonds. The molecule has 0 aromatic heterocycles. The fourth-order valence-corrected chi connectivity index (χ4v) is 2.69. The van der Waals surface area contributed by atoms with E-state index in [1.54, 1.807) is 12.1 Å². The van der Waals surface area contributed by atoms with E-state index in [1.165, 1.54) is 13.2 Å². The molecule has 1 aromatic rings. The van der Waals surface area contributed by atoms with Crippen molar-refractivity contribution < 1.29 is 13.9 Å². The van der Waals surface area contributed by atoms with Gasteiger partial charge >= 0.3 is 0 Å². The number of nitrogens with two attached hydrogens (primary N) is 1. The van der Waals surface area contributed by atoms with Gasteiger partial charge in [-0.1, -0.05) is 6.07 Å². The smallest absolute Gasteiger partial charge is 0.220 e. The lowest BCUT2D eigenvalue weighted by Gasteiger charge is -2.26. The topological polar surface area (TPSA) is 64.3 Å². The quantitative estimate of drug-likeness (QED) is 0.874. The van der Waals surface area contributed by atoms with Gasteiger partial charge in [-0.15, -0.1) is 0 Å². The number of amides is 1. The molecule has 0 spiro atoms. The van der Waals surface area contributed by atoms with Crippen molar-refractivity contribution in [2.75, 3.05) is 7.11 Å². The summed E-state index contributed by atoms with van der Waals surface area (Å²) in [4.78, 5) is 11.9. The highest BCUT2D eigenvalue weighted by Gasteiger charge is 2.19. The fourth-order valence-electron chi connectivity index (χ4n) is 2.69. The Hall–Kier alpha value is -1.62. The van der Waals surface area contributed by atoms with Crippen molar-refractivity contribution >= 4 is 5.91 Å². The lowest BCUT2D eigenvalue weighted by atomic mass is 9.91. The van der Waals surface area contributed by atoms with Crippen molar-refractivity contribution in [2.24, 2.45) is 5.73 Å². The normalized spacial score (nSPS) is 21.9. The predicted molar refractivity (Wildman–Crippen MR) is 79.6 cm³/mol. The van der Waals surface area contributed by atoms with E-state index in [0.29, 0.717) is 12.8 Å². The first-order valence-corrected chi connectivity index (χ1v) is 7.46. The van der Waals surface area contributed by atoms with Crippen molar-refractivity contribution in [2.45, 2.75) is 50.6 Å². The Bertz CT molecular complexity index is 485. The van der Waals surface area contributed by atoms with E-state index in [4.69, 9.17) is 10.5 Å². The molecule has 1 aliphatic rings. The van der Waals surface area contributed by atoms with Gasteiger partial charge in [0.2, 0.25) is 5.91 Å². The molecular formula is C16H23FN2O2. The number of hydrogen-bond donors (Lipinski definition) is 2. The van der Waals surface area contributed by atoms with Crippen LogP contribution in [0.15, 0.2) is 18.2 Å². The zero-order valence-corrected chi connectivity index (χ0v) is 12.4. The van der Waals surface area contributed by atoms with Gasteiger partial charge in [0.05, 0.1) is 7.11 Å². The number of rotatable bonds is 5. The molecule has 21 heavy (non-hydrogen) atoms. The highest BCUT2D eigenvalue weighted by atomic mass is 19.1. The van der Waals surface area contributed by atoms with Crippen LogP contribution in [0.4, 0.5) is 4.39 Å². The Balaban J connectivity index is 1.77. The average Bonchev–Trinajstić information content (AvgIpc) is 2.48. The average molecular weight is 294 g/mol. The van der Waals surface area contributed by atoms with Crippen LogP contribution in [0.1, 0.15) is 37.7 Å². The summed E-state index contributed by atoms with van der Waals surface area (Å²) in [5, 5.41) is 3.03. The van der Waals surface area contributed by atoms with Gasteiger partial charge in [0.25, 0.3) is 0 Å². The van der Waals surface area contributed by atoms with E-state index in [-0.39, 0.29) is 23.7 Å². The van der Waals surface area contributed by atoms with Crippen molar-refractivity contribution in [3.8, 4) is 5.75 Å². The molecule has 0 unspecified atom stereocenters. The molecule has 0 bridgehead atoms. The molecule has 1 fully saturated rings. The van der Waals surface area contributed by atoms with Gasteiger partial charge in [0.15, 0.2) is 11.6 Å². The summed E-state index contributed by atoms with van der Waals surface area (Å²) < 4.78 is 18.4. The largest absolute Gasteiger partial charge is 0.494 e. The van der Waals surface area contributed by atoms with Crippen LogP contribution in [0, 0.1) is 5.82 Å². The molecule has 0 heterocycles. The standard InChI is InChI=1S/C16H23FN2O2/c1-21-15-8-2-11(10-14(15)17)3-9-16(20)19-13-6-4-12(18)5-7-13/h2,8,10,12-13H,3-7,9,18H2,1H3,(H,19,20). The van der Waals surface area contributed by atoms with Crippen molar-refractivity contribution in [3.05, 3.63) is 29.6 Å². The third-order valence-corrected chi connectivity index (χ3v) is 3.99. The maximum absolute atomic E-state index is 13.5. The molecule has 0 atom stereocenters. The van der Waals surface area contributed by atoms with Gasteiger partial charge in [0, 0.05) is 18.5 Å². The zero-order chi connectivity index (χ0) is 15.2. The molecule has 1 aliphatic carbocycles. The van der Waals surface area contributed by atoms with Crippen LogP contribution in [0.5, 0.6) is 5.75 Å². The van der Waals surface area contributed by atoms with Crippen LogP contribution in [-0.2, 0) is 11.2 Å². The highest BCUT2D eigenvalue weighted by molar-refractivity contribution is 5.76. The first-order chi connectivity index (χ1) is 10.1. The molecule has 0 radical (unpaired) electrons. The van der Waals surface area contributed by atoms with Crippen molar-refractivity contribution in [1.82, 2.24) is 5.32 Å². The minimum absolute atomic E-state index is 0.0201. The van der Waals surface area contributed by atoms with Gasteiger partial charge in [0.1, 0.15) is 0 Å². The first kappa shape index (κ1) is 15.8. The van der Waals surface area contributed by atoms with Crippen LogP contribution in [0.25, 0.3) is 0 Å². The molecule has 2 rings (SSSR count). The van der Waals surface area contributed by atoms with E-state index in [0.717, 1.165) is 31.2 Å². The summed E-state index contributed by atoms with van der Waals surface area (Å²) in [6.45, 7) is 0. The number of methoxy groups -OCH3 is 1. The SMILES string of the molecule is COc1ccc(CCC(=O)NC2CCC(N)CC2)cc1F. The molecule has 1 aromatic carbocycles. The lowest BCUT2D eigenvalue weighted by Crippen LogP contribution is -2.40. The fraction of sp³-hybridized carbons (Fsp3) is 0.562. The molecule has 0 aliphatic heterocycles. The Morgan fingerprint density at radius 1 is 1.38 bits per heavy atom. The predicted octanol–water partition coefficient (Wildman–Crippen LogP) is 2.15. The number of halogens is 1. The zero-order valence-electron chi connectivity index (χ0n) is 12.4. The third-order valence-electron chi connectivity index (χ3n) is 3.99. The number of ether oxygens (including phenoxy) is 1. The number of benzene rings is 1. The van der Waals surface area contributed by atoms with Gasteiger partial charge in [-0.2, -0.15) is 0 Å². The van der Waals surface area contributed by atoms with Crippen molar-refractivity contribution in [3.63, 3.8) is 0 Å². The van der Waals surface area contributed by atoms with Crippen LogP contribution >= 0.6 is 0 Å². The number of carbonyl (C=O) groups is 1. The second kappa shape index (κ2) is 7.41. The summed E-state index contributed by atoms with van der Waals surface area (Å²) in [5.74, 6) is -0.148. The van der Waals surface area contributed by atoms with Gasteiger partial charge in [-0.25, -0.2) is 4.39 Å². The number of hydrogen-bond acceptors (Lipinski definition) is 3. The minimum Gasteiger partial charge on any atom is -0.494 e. The summed E-state index contributed by atoms with van der Waals surface area (Å²) in [6, 6.07) is 5.32. The number of aryl methyl sites for hydroxylation is 1. The van der Waals surface area contributed by atoms with Gasteiger partial charge in [-0.05, 0) is 49.8 Å². The molecular weight excluding hydrogens is 271 g/mol. The van der Waals surface area contributed by atoms with Crippen LogP contribution in [0.2, 0.25) is 0 Å². The number of carbonyl (C=O) groups excluding carboxylic acids is 1. The summed E-state index contributed by atoms with van der Waals surface area (Å²) in [6.07, 6.45) is 4.73. The summed E-state index contributed by atoms with van der Waals surface area (Å²) in [7, 11) is 1.43. The van der Waals surface area contributed by atoms with Crippen LogP contribution in [-0.4, -0.2) is 25.1 Å². The Kier molecular flexibility index (Phi) is 5.56. The maximum atomic E-state index is 13.5. The molecule has 116 valence electrons. The highest BCUT2D eigenvalue weighted by Crippen LogP contribution is 2.19. The van der Waals surface area contributed by atoms with Crippen LogP contribution in [0.3, 0.4) is 0 Å². The summed E-state index contributed by atoms with van der Waals surface area (Å²) in [5.41, 5.74) is 6.64. The monoisotopic (exact) mass is 294 g/mol. The molecule has 1 saturated carbocycles. The third kappa shape index (κ3) is 4.70. The van der Waals surface area contributed by atoms with E-state index >= 15 is 0 Å². The Morgan fingerprint density at radius 2 is 2.10 bits per heavy atom. The molecule has 5 heteroatoms. The summed E-state index contributed by atoms with van der Waals surface area (Å²) >= 11 is 0. The second-order valence-corrected chi connectivity index (χ2v) is 5.65. The van der Waals surface area contributed by atoms with E-state index < -0.39 is 5.82 Å².